The molecule has 88 valence electrons. The molecule has 2 rings (SSSR count). The fraction of sp³-hybridized carbons (Fsp3) is 0.0833. The molecule has 1 aromatic carbocycles. The summed E-state index contributed by atoms with van der Waals surface area (Å²) >= 11 is 6.76. The Morgan fingerprint density at radius 2 is 2.00 bits per heavy atom. The van der Waals surface area contributed by atoms with Gasteiger partial charge >= 0.3 is 0 Å². The van der Waals surface area contributed by atoms with Crippen LogP contribution in [0, 0.1) is 0 Å². The molecule has 0 unspecified atom stereocenters. The van der Waals surface area contributed by atoms with Crippen molar-refractivity contribution in [3.63, 3.8) is 0 Å². The fourth-order valence-corrected chi connectivity index (χ4v) is 2.07. The van der Waals surface area contributed by atoms with Crippen molar-refractivity contribution < 1.29 is 4.74 Å². The van der Waals surface area contributed by atoms with E-state index in [2.05, 4.69) is 36.8 Å². The third-order valence-corrected chi connectivity index (χ3v) is 3.37. The maximum Gasteiger partial charge on any atom is 0.237 e. The minimum atomic E-state index is 0.431. The molecule has 1 heterocycles. The van der Waals surface area contributed by atoms with E-state index in [9.17, 15) is 0 Å². The highest BCUT2D eigenvalue weighted by molar-refractivity contribution is 9.10. The minimum absolute atomic E-state index is 0.431. The molecule has 0 atom stereocenters. The van der Waals surface area contributed by atoms with Crippen LogP contribution in [0.2, 0.25) is 0 Å². The van der Waals surface area contributed by atoms with Gasteiger partial charge in [-0.05, 0) is 28.1 Å². The van der Waals surface area contributed by atoms with Crippen LogP contribution in [0.5, 0.6) is 5.88 Å². The zero-order valence-electron chi connectivity index (χ0n) is 8.86. The lowest BCUT2D eigenvalue weighted by molar-refractivity contribution is 0.295. The van der Waals surface area contributed by atoms with Crippen molar-refractivity contribution in [3.05, 3.63) is 51.0 Å². The number of anilines is 1. The van der Waals surface area contributed by atoms with Crippen LogP contribution in [-0.2, 0) is 6.61 Å². The Morgan fingerprint density at radius 1 is 1.24 bits per heavy atom. The lowest BCUT2D eigenvalue weighted by atomic mass is 10.2. The Hall–Kier alpha value is -1.07. The molecule has 1 aromatic heterocycles. The van der Waals surface area contributed by atoms with Crippen LogP contribution in [0.25, 0.3) is 0 Å². The molecule has 0 fully saturated rings. The van der Waals surface area contributed by atoms with Gasteiger partial charge in [-0.2, -0.15) is 0 Å². The zero-order valence-corrected chi connectivity index (χ0v) is 12.0. The molecule has 5 heteroatoms. The normalized spacial score (nSPS) is 10.2. The molecule has 17 heavy (non-hydrogen) atoms. The van der Waals surface area contributed by atoms with Crippen molar-refractivity contribution in [2.45, 2.75) is 6.61 Å². The highest BCUT2D eigenvalue weighted by Crippen LogP contribution is 2.24. The Bertz CT molecular complexity index is 532. The van der Waals surface area contributed by atoms with Crippen molar-refractivity contribution in [1.82, 2.24) is 4.98 Å². The summed E-state index contributed by atoms with van der Waals surface area (Å²) in [7, 11) is 0. The standard InChI is InChI=1S/C12H10Br2N2O/c13-9-5-11(15)12(16-6-9)17-7-8-3-1-2-4-10(8)14/h1-6H,7,15H2. The molecule has 0 radical (unpaired) electrons. The number of ether oxygens (including phenoxy) is 1. The first-order chi connectivity index (χ1) is 8.16. The van der Waals surface area contributed by atoms with Gasteiger partial charge in [0, 0.05) is 20.7 Å². The largest absolute Gasteiger partial charge is 0.471 e. The molecule has 2 aromatic rings. The molecule has 0 aliphatic heterocycles. The summed E-state index contributed by atoms with van der Waals surface area (Å²) in [5.74, 6) is 0.448. The van der Waals surface area contributed by atoms with Gasteiger partial charge in [-0.15, -0.1) is 0 Å². The van der Waals surface area contributed by atoms with E-state index in [-0.39, 0.29) is 0 Å². The van der Waals surface area contributed by atoms with E-state index in [0.717, 1.165) is 14.5 Å². The van der Waals surface area contributed by atoms with E-state index in [1.807, 2.05) is 24.3 Å². The highest BCUT2D eigenvalue weighted by Gasteiger charge is 2.04. The molecule has 0 aliphatic carbocycles. The molecule has 2 N–H and O–H groups in total. The van der Waals surface area contributed by atoms with Crippen LogP contribution >= 0.6 is 31.9 Å². The minimum Gasteiger partial charge on any atom is -0.471 e. The SMILES string of the molecule is Nc1cc(Br)cnc1OCc1ccccc1Br. The maximum atomic E-state index is 5.79. The smallest absolute Gasteiger partial charge is 0.237 e. The van der Waals surface area contributed by atoms with Gasteiger partial charge in [-0.25, -0.2) is 4.98 Å². The third-order valence-electron chi connectivity index (χ3n) is 2.17. The van der Waals surface area contributed by atoms with Crippen LogP contribution in [0.4, 0.5) is 5.69 Å². The Morgan fingerprint density at radius 3 is 2.71 bits per heavy atom. The van der Waals surface area contributed by atoms with Crippen LogP contribution in [0.3, 0.4) is 0 Å². The fourth-order valence-electron chi connectivity index (χ4n) is 1.32. The molecule has 0 bridgehead atoms. The van der Waals surface area contributed by atoms with Gasteiger partial charge in [-0.3, -0.25) is 0 Å². The van der Waals surface area contributed by atoms with Gasteiger partial charge < -0.3 is 10.5 Å². The Balaban J connectivity index is 2.10. The number of nitrogen functional groups attached to an aromatic ring is 1. The van der Waals surface area contributed by atoms with Gasteiger partial charge in [0.2, 0.25) is 5.88 Å². The number of nitrogens with zero attached hydrogens (tertiary/aromatic N) is 1. The number of benzene rings is 1. The molecule has 3 nitrogen and oxygen atoms in total. The summed E-state index contributed by atoms with van der Waals surface area (Å²) in [6.45, 7) is 0.431. The van der Waals surface area contributed by atoms with E-state index >= 15 is 0 Å². The number of hydrogen-bond donors (Lipinski definition) is 1. The summed E-state index contributed by atoms with van der Waals surface area (Å²) in [6.07, 6.45) is 1.66. The van der Waals surface area contributed by atoms with Crippen molar-refractivity contribution in [2.75, 3.05) is 5.73 Å². The summed E-state index contributed by atoms with van der Waals surface area (Å²) in [6, 6.07) is 9.64. The molecular formula is C12H10Br2N2O. The second kappa shape index (κ2) is 5.51. The molecule has 0 aliphatic rings. The van der Waals surface area contributed by atoms with Crippen molar-refractivity contribution in [1.29, 1.82) is 0 Å². The number of rotatable bonds is 3. The zero-order chi connectivity index (χ0) is 12.3. The monoisotopic (exact) mass is 356 g/mol. The summed E-state index contributed by atoms with van der Waals surface area (Å²) in [5, 5.41) is 0. The number of halogens is 2. The third kappa shape index (κ3) is 3.20. The quantitative estimate of drug-likeness (QED) is 0.909. The molecular weight excluding hydrogens is 348 g/mol. The highest BCUT2D eigenvalue weighted by atomic mass is 79.9. The van der Waals surface area contributed by atoms with Crippen LogP contribution in [0.15, 0.2) is 45.5 Å². The predicted octanol–water partition coefficient (Wildman–Crippen LogP) is 3.77. The molecule has 0 spiro atoms. The number of nitrogens with two attached hydrogens (primary N) is 1. The number of hydrogen-bond acceptors (Lipinski definition) is 3. The average molecular weight is 358 g/mol. The Labute approximate surface area is 116 Å². The van der Waals surface area contributed by atoms with E-state index < -0.39 is 0 Å². The van der Waals surface area contributed by atoms with E-state index in [1.165, 1.54) is 0 Å². The summed E-state index contributed by atoms with van der Waals surface area (Å²) in [4.78, 5) is 4.11. The first-order valence-electron chi connectivity index (χ1n) is 4.94. The first-order valence-corrected chi connectivity index (χ1v) is 6.52. The molecule has 0 saturated carbocycles. The van der Waals surface area contributed by atoms with Gasteiger partial charge in [0.05, 0.1) is 5.69 Å². The maximum absolute atomic E-state index is 5.79. The summed E-state index contributed by atoms with van der Waals surface area (Å²) in [5.41, 5.74) is 7.37. The molecule has 0 saturated heterocycles. The van der Waals surface area contributed by atoms with Crippen LogP contribution in [0.1, 0.15) is 5.56 Å². The second-order valence-corrected chi connectivity index (χ2v) is 5.20. The number of pyridine rings is 1. The summed E-state index contributed by atoms with van der Waals surface area (Å²) < 4.78 is 7.42. The lowest BCUT2D eigenvalue weighted by Crippen LogP contribution is -2.01. The van der Waals surface area contributed by atoms with Crippen molar-refractivity contribution in [2.24, 2.45) is 0 Å². The second-order valence-electron chi connectivity index (χ2n) is 3.43. The molecule has 0 amide bonds. The van der Waals surface area contributed by atoms with Gasteiger partial charge in [0.25, 0.3) is 0 Å². The van der Waals surface area contributed by atoms with E-state index in [1.54, 1.807) is 12.3 Å². The Kier molecular flexibility index (Phi) is 4.02. The van der Waals surface area contributed by atoms with Crippen molar-refractivity contribution in [3.8, 4) is 5.88 Å². The number of aromatic nitrogens is 1. The van der Waals surface area contributed by atoms with E-state index in [4.69, 9.17) is 10.5 Å². The first kappa shape index (κ1) is 12.4. The topological polar surface area (TPSA) is 48.1 Å². The van der Waals surface area contributed by atoms with Gasteiger partial charge in [0.15, 0.2) is 0 Å². The van der Waals surface area contributed by atoms with E-state index in [0.29, 0.717) is 18.2 Å². The predicted molar refractivity (Wildman–Crippen MR) is 74.8 cm³/mol. The van der Waals surface area contributed by atoms with Crippen LogP contribution < -0.4 is 10.5 Å². The van der Waals surface area contributed by atoms with Crippen molar-refractivity contribution >= 4 is 37.5 Å². The van der Waals surface area contributed by atoms with Gasteiger partial charge in [-0.1, -0.05) is 34.1 Å². The van der Waals surface area contributed by atoms with Crippen LogP contribution in [-0.4, -0.2) is 4.98 Å². The van der Waals surface area contributed by atoms with Gasteiger partial charge in [0.1, 0.15) is 6.61 Å². The average Bonchev–Trinajstić information content (AvgIpc) is 2.30. The lowest BCUT2D eigenvalue weighted by Gasteiger charge is -2.09.